The second-order valence-electron chi connectivity index (χ2n) is 2.76. The topological polar surface area (TPSA) is 32.8 Å². The summed E-state index contributed by atoms with van der Waals surface area (Å²) in [5.74, 6) is 0. The molecule has 2 rings (SSSR count). The van der Waals surface area contributed by atoms with Crippen LogP contribution in [0.5, 0.6) is 0 Å². The molecule has 2 heteroatoms. The minimum Gasteiger partial charge on any atom is -0.389 e. The van der Waals surface area contributed by atoms with Crippen LogP contribution < -0.4 is 0 Å². The Bertz CT molecular complexity index is 164. The molecule has 2 aliphatic rings. The van der Waals surface area contributed by atoms with Crippen LogP contribution in [0.25, 0.3) is 0 Å². The molecule has 3 unspecified atom stereocenters. The Morgan fingerprint density at radius 2 is 2.44 bits per heavy atom. The van der Waals surface area contributed by atoms with Crippen LogP contribution in [0.4, 0.5) is 0 Å². The van der Waals surface area contributed by atoms with E-state index in [0.29, 0.717) is 0 Å². The van der Waals surface area contributed by atoms with E-state index < -0.39 is 6.10 Å². The molecule has 0 aromatic heterocycles. The van der Waals surface area contributed by atoms with Gasteiger partial charge in [0.25, 0.3) is 0 Å². The number of aliphatic hydroxyl groups is 1. The molecule has 0 bridgehead atoms. The number of hydrogen-bond acceptors (Lipinski definition) is 2. The molecule has 1 N–H and O–H groups in total. The molecular weight excluding hydrogens is 116 g/mol. The molecule has 3 atom stereocenters. The van der Waals surface area contributed by atoms with Gasteiger partial charge in [-0.3, -0.25) is 0 Å². The third-order valence-corrected chi connectivity index (χ3v) is 1.88. The molecule has 0 aromatic rings. The van der Waals surface area contributed by atoms with Crippen molar-refractivity contribution < 1.29 is 9.84 Å². The molecule has 49 valence electrons. The molecule has 1 radical (unpaired) electrons. The Kier molecular flexibility index (Phi) is 0.838. The van der Waals surface area contributed by atoms with Crippen molar-refractivity contribution in [2.75, 3.05) is 0 Å². The van der Waals surface area contributed by atoms with Crippen LogP contribution in [-0.4, -0.2) is 22.9 Å². The van der Waals surface area contributed by atoms with Gasteiger partial charge in [-0.15, -0.1) is 0 Å². The SMILES string of the molecule is CC12C=CC(O)[CH]C1O2. The van der Waals surface area contributed by atoms with Crippen LogP contribution in [0.1, 0.15) is 6.92 Å². The first kappa shape index (κ1) is 5.45. The highest BCUT2D eigenvalue weighted by Gasteiger charge is 2.52. The summed E-state index contributed by atoms with van der Waals surface area (Å²) in [5, 5.41) is 9.00. The van der Waals surface area contributed by atoms with Gasteiger partial charge < -0.3 is 9.84 Å². The molecule has 1 aliphatic carbocycles. The largest absolute Gasteiger partial charge is 0.389 e. The van der Waals surface area contributed by atoms with Gasteiger partial charge in [-0.2, -0.15) is 0 Å². The molecule has 0 saturated carbocycles. The summed E-state index contributed by atoms with van der Waals surface area (Å²) < 4.78 is 5.23. The average Bonchev–Trinajstić information content (AvgIpc) is 2.41. The third-order valence-electron chi connectivity index (χ3n) is 1.88. The van der Waals surface area contributed by atoms with Crippen LogP contribution in [0.15, 0.2) is 12.2 Å². The first-order valence-electron chi connectivity index (χ1n) is 3.11. The van der Waals surface area contributed by atoms with Crippen molar-refractivity contribution in [2.45, 2.75) is 24.7 Å². The van der Waals surface area contributed by atoms with Gasteiger partial charge in [-0.1, -0.05) is 12.2 Å². The highest BCUT2D eigenvalue weighted by atomic mass is 16.6. The van der Waals surface area contributed by atoms with E-state index in [2.05, 4.69) is 0 Å². The summed E-state index contributed by atoms with van der Waals surface area (Å²) in [7, 11) is 0. The van der Waals surface area contributed by atoms with E-state index in [1.54, 1.807) is 12.5 Å². The van der Waals surface area contributed by atoms with Crippen LogP contribution in [0.2, 0.25) is 0 Å². The Labute approximate surface area is 54.1 Å². The number of ether oxygens (including phenoxy) is 1. The van der Waals surface area contributed by atoms with Gasteiger partial charge in [0.15, 0.2) is 0 Å². The zero-order valence-electron chi connectivity index (χ0n) is 5.24. The van der Waals surface area contributed by atoms with Crippen LogP contribution in [0, 0.1) is 6.42 Å². The second kappa shape index (κ2) is 1.39. The maximum Gasteiger partial charge on any atom is 0.111 e. The van der Waals surface area contributed by atoms with Crippen molar-refractivity contribution >= 4 is 0 Å². The van der Waals surface area contributed by atoms with E-state index in [1.165, 1.54) is 0 Å². The average molecular weight is 125 g/mol. The van der Waals surface area contributed by atoms with Crippen molar-refractivity contribution in [3.05, 3.63) is 18.6 Å². The lowest BCUT2D eigenvalue weighted by Gasteiger charge is -2.08. The van der Waals surface area contributed by atoms with Crippen molar-refractivity contribution in [1.82, 2.24) is 0 Å². The fourth-order valence-corrected chi connectivity index (χ4v) is 1.14. The fraction of sp³-hybridized carbons (Fsp3) is 0.571. The summed E-state index contributed by atoms with van der Waals surface area (Å²) in [6.07, 6.45) is 5.24. The van der Waals surface area contributed by atoms with Gasteiger partial charge >= 0.3 is 0 Å². The fourth-order valence-electron chi connectivity index (χ4n) is 1.14. The zero-order chi connectivity index (χ0) is 6.48. The molecule has 9 heavy (non-hydrogen) atoms. The standard InChI is InChI=1S/C7H9O2/c1-7-3-2-5(8)4-6(7)9-7/h2-6,8H,1H3. The highest BCUT2D eigenvalue weighted by Crippen LogP contribution is 2.42. The van der Waals surface area contributed by atoms with Gasteiger partial charge in [-0.25, -0.2) is 0 Å². The van der Waals surface area contributed by atoms with Gasteiger partial charge in [0.1, 0.15) is 5.60 Å². The summed E-state index contributed by atoms with van der Waals surface area (Å²) >= 11 is 0. The van der Waals surface area contributed by atoms with Gasteiger partial charge in [0, 0.05) is 6.42 Å². The van der Waals surface area contributed by atoms with Crippen molar-refractivity contribution in [2.24, 2.45) is 0 Å². The number of rotatable bonds is 0. The lowest BCUT2D eigenvalue weighted by atomic mass is 9.96. The first-order valence-corrected chi connectivity index (χ1v) is 3.11. The van der Waals surface area contributed by atoms with Gasteiger partial charge in [0.05, 0.1) is 12.2 Å². The number of epoxide rings is 1. The first-order chi connectivity index (χ1) is 4.21. The smallest absolute Gasteiger partial charge is 0.111 e. The Hall–Kier alpha value is -0.340. The van der Waals surface area contributed by atoms with E-state index in [1.807, 2.05) is 13.0 Å². The Morgan fingerprint density at radius 1 is 1.67 bits per heavy atom. The second-order valence-corrected chi connectivity index (χ2v) is 2.76. The van der Waals surface area contributed by atoms with Crippen LogP contribution >= 0.6 is 0 Å². The predicted molar refractivity (Wildman–Crippen MR) is 32.7 cm³/mol. The van der Waals surface area contributed by atoms with E-state index in [9.17, 15) is 0 Å². The predicted octanol–water partition coefficient (Wildman–Crippen LogP) is 0.279. The van der Waals surface area contributed by atoms with Gasteiger partial charge in [0.2, 0.25) is 0 Å². The molecule has 0 spiro atoms. The molecule has 0 aromatic carbocycles. The van der Waals surface area contributed by atoms with Crippen LogP contribution in [0.3, 0.4) is 0 Å². The molecule has 2 nitrogen and oxygen atoms in total. The minimum atomic E-state index is -0.398. The molecule has 1 saturated heterocycles. The monoisotopic (exact) mass is 125 g/mol. The molecular formula is C7H9O2. The molecule has 1 heterocycles. The van der Waals surface area contributed by atoms with E-state index in [4.69, 9.17) is 9.84 Å². The lowest BCUT2D eigenvalue weighted by molar-refractivity contribution is 0.243. The van der Waals surface area contributed by atoms with Crippen molar-refractivity contribution in [3.63, 3.8) is 0 Å². The summed E-state index contributed by atoms with van der Waals surface area (Å²) in [6.45, 7) is 2.01. The number of hydrogen-bond donors (Lipinski definition) is 1. The third kappa shape index (κ3) is 0.705. The highest BCUT2D eigenvalue weighted by molar-refractivity contribution is 5.27. The van der Waals surface area contributed by atoms with E-state index in [-0.39, 0.29) is 11.7 Å². The maximum absolute atomic E-state index is 9.00. The lowest BCUT2D eigenvalue weighted by Crippen LogP contribution is -2.19. The quantitative estimate of drug-likeness (QED) is 0.372. The normalized spacial score (nSPS) is 54.9. The van der Waals surface area contributed by atoms with Crippen LogP contribution in [-0.2, 0) is 4.74 Å². The summed E-state index contributed by atoms with van der Waals surface area (Å²) in [6, 6.07) is 0. The molecule has 1 fully saturated rings. The number of fused-ring (bicyclic) bond motifs is 1. The van der Waals surface area contributed by atoms with Crippen molar-refractivity contribution in [1.29, 1.82) is 0 Å². The summed E-state index contributed by atoms with van der Waals surface area (Å²) in [5.41, 5.74) is -0.0702. The molecule has 0 amide bonds. The maximum atomic E-state index is 9.00. The van der Waals surface area contributed by atoms with E-state index >= 15 is 0 Å². The van der Waals surface area contributed by atoms with Gasteiger partial charge in [-0.05, 0) is 6.92 Å². The Morgan fingerprint density at radius 3 is 3.00 bits per heavy atom. The van der Waals surface area contributed by atoms with Crippen molar-refractivity contribution in [3.8, 4) is 0 Å². The van der Waals surface area contributed by atoms with E-state index in [0.717, 1.165) is 0 Å². The minimum absolute atomic E-state index is 0.0702. The molecule has 1 aliphatic heterocycles. The number of aliphatic hydroxyl groups excluding tert-OH is 1. The summed E-state index contributed by atoms with van der Waals surface area (Å²) in [4.78, 5) is 0. The Balaban J connectivity index is 2.18. The zero-order valence-corrected chi connectivity index (χ0v) is 5.24.